The highest BCUT2D eigenvalue weighted by Crippen LogP contribution is 2.48. The smallest absolute Gasteiger partial charge is 0.0576 e. The van der Waals surface area contributed by atoms with Crippen LogP contribution in [0.1, 0.15) is 0 Å². The molecule has 4 aromatic carbocycles. The summed E-state index contributed by atoms with van der Waals surface area (Å²) < 4.78 is 4.65. The normalized spacial score (nSPS) is 13.4. The topological polar surface area (TPSA) is 9.86 Å². The van der Waals surface area contributed by atoms with Crippen LogP contribution < -0.4 is 0 Å². The van der Waals surface area contributed by atoms with Gasteiger partial charge in [-0.15, -0.1) is 0 Å². The van der Waals surface area contributed by atoms with Gasteiger partial charge in [0, 0.05) is 41.8 Å². The summed E-state index contributed by atoms with van der Waals surface area (Å²) in [5, 5.41) is 12.1. The van der Waals surface area contributed by atoms with E-state index in [2.05, 4.69) is 109 Å². The van der Waals surface area contributed by atoms with Crippen molar-refractivity contribution in [1.29, 1.82) is 0 Å². The summed E-state index contributed by atoms with van der Waals surface area (Å²) in [5.74, 6) is 0. The molecule has 0 unspecified atom stereocenters. The van der Waals surface area contributed by atoms with Crippen molar-refractivity contribution in [3.63, 3.8) is 0 Å². The molecule has 6 aromatic rings. The van der Waals surface area contributed by atoms with Gasteiger partial charge in [-0.1, -0.05) is 48.5 Å². The third-order valence-corrected chi connectivity index (χ3v) is 8.25. The molecule has 0 amide bonds. The fraction of sp³-hybridized carbons (Fsp3) is 0.185. The number of aromatic nitrogens is 2. The summed E-state index contributed by atoms with van der Waals surface area (Å²) in [5.41, 5.74) is 2.66. The second-order valence-corrected chi connectivity index (χ2v) is 13.3. The van der Waals surface area contributed by atoms with E-state index in [1.807, 2.05) is 0 Å². The zero-order valence-electron chi connectivity index (χ0n) is 18.2. The molecule has 0 saturated heterocycles. The average Bonchev–Trinajstić information content (AvgIpc) is 3.27. The lowest BCUT2D eigenvalue weighted by Gasteiger charge is -2.26. The maximum atomic E-state index is 2.42. The van der Waals surface area contributed by atoms with Gasteiger partial charge < -0.3 is 9.13 Å². The molecule has 150 valence electrons. The quantitative estimate of drug-likeness (QED) is 0.254. The average molecular weight is 411 g/mol. The first-order valence-electron chi connectivity index (χ1n) is 10.3. The standard InChI is InChI=1S/C27H26N2S/c1-28-15-14-17-6-8-21-19-11-13-24-22(20(19)10-12-23(21)26(17)28)9-7-18-16-25(30(3,4)5)29(2)27(18)24/h6-16H,1-5H3. The Morgan fingerprint density at radius 3 is 1.70 bits per heavy atom. The van der Waals surface area contributed by atoms with Gasteiger partial charge >= 0.3 is 0 Å². The summed E-state index contributed by atoms with van der Waals surface area (Å²) in [4.78, 5) is 0. The highest BCUT2D eigenvalue weighted by atomic mass is 32.3. The molecule has 2 aromatic heterocycles. The molecule has 0 fully saturated rings. The highest BCUT2D eigenvalue weighted by Gasteiger charge is 2.17. The van der Waals surface area contributed by atoms with Gasteiger partial charge in [-0.25, -0.2) is 10.0 Å². The molecule has 0 aliphatic rings. The molecule has 0 N–H and O–H groups in total. The number of rotatable bonds is 1. The van der Waals surface area contributed by atoms with E-state index in [0.29, 0.717) is 0 Å². The number of nitrogens with zero attached hydrogens (tertiary/aromatic N) is 2. The predicted molar refractivity (Wildman–Crippen MR) is 136 cm³/mol. The Morgan fingerprint density at radius 2 is 1.07 bits per heavy atom. The third-order valence-electron chi connectivity index (χ3n) is 6.60. The van der Waals surface area contributed by atoms with E-state index in [-0.39, 0.29) is 0 Å². The lowest BCUT2D eigenvalue weighted by Crippen LogP contribution is -2.00. The van der Waals surface area contributed by atoms with E-state index in [1.165, 1.54) is 59.1 Å². The van der Waals surface area contributed by atoms with E-state index in [9.17, 15) is 0 Å². The fourth-order valence-corrected chi connectivity index (χ4v) is 6.65. The lowest BCUT2D eigenvalue weighted by atomic mass is 9.95. The summed E-state index contributed by atoms with van der Waals surface area (Å²) in [6, 6.07) is 23.0. The summed E-state index contributed by atoms with van der Waals surface area (Å²) in [7, 11) is 3.57. The monoisotopic (exact) mass is 410 g/mol. The maximum Gasteiger partial charge on any atom is 0.0576 e. The first kappa shape index (κ1) is 17.9. The third kappa shape index (κ3) is 2.27. The first-order chi connectivity index (χ1) is 14.3. The van der Waals surface area contributed by atoms with Gasteiger partial charge in [-0.05, 0) is 52.4 Å². The van der Waals surface area contributed by atoms with Gasteiger partial charge in [0.1, 0.15) is 0 Å². The van der Waals surface area contributed by atoms with Gasteiger partial charge in [0.05, 0.1) is 16.1 Å². The van der Waals surface area contributed by atoms with E-state index < -0.39 is 10.0 Å². The van der Waals surface area contributed by atoms with Gasteiger partial charge in [-0.3, -0.25) is 0 Å². The number of aryl methyl sites for hydroxylation is 2. The minimum atomic E-state index is -0.794. The van der Waals surface area contributed by atoms with Gasteiger partial charge in [-0.2, -0.15) is 0 Å². The molecule has 3 heteroatoms. The van der Waals surface area contributed by atoms with Gasteiger partial charge in [0.15, 0.2) is 0 Å². The van der Waals surface area contributed by atoms with Crippen molar-refractivity contribution in [2.75, 3.05) is 18.8 Å². The molecule has 2 nitrogen and oxygen atoms in total. The van der Waals surface area contributed by atoms with E-state index in [4.69, 9.17) is 0 Å². The van der Waals surface area contributed by atoms with Crippen molar-refractivity contribution in [3.8, 4) is 0 Å². The molecule has 0 atom stereocenters. The van der Waals surface area contributed by atoms with E-state index >= 15 is 0 Å². The van der Waals surface area contributed by atoms with Crippen molar-refractivity contribution in [2.24, 2.45) is 14.1 Å². The van der Waals surface area contributed by atoms with Crippen LogP contribution >= 0.6 is 10.0 Å². The summed E-state index contributed by atoms with van der Waals surface area (Å²) >= 11 is 0. The molecule has 0 aliphatic heterocycles. The van der Waals surface area contributed by atoms with Crippen LogP contribution in [0.2, 0.25) is 0 Å². The van der Waals surface area contributed by atoms with Crippen LogP contribution in [0.25, 0.3) is 54.1 Å². The fourth-order valence-electron chi connectivity index (χ4n) is 5.25. The van der Waals surface area contributed by atoms with Crippen molar-refractivity contribution in [1.82, 2.24) is 9.13 Å². The molecule has 0 aliphatic carbocycles. The summed E-state index contributed by atoms with van der Waals surface area (Å²) in [6.45, 7) is 0. The Kier molecular flexibility index (Phi) is 3.48. The molecule has 0 radical (unpaired) electrons. The van der Waals surface area contributed by atoms with Crippen LogP contribution in [0.15, 0.2) is 71.9 Å². The Bertz CT molecular complexity index is 1640. The second kappa shape index (κ2) is 5.83. The SMILES string of the molecule is Cn1ccc2ccc3c4ccc5c(ccc6cc(S(C)(C)C)n(C)c65)c4ccc3c21. The zero-order valence-corrected chi connectivity index (χ0v) is 19.0. The van der Waals surface area contributed by atoms with Crippen LogP contribution in [0.3, 0.4) is 0 Å². The van der Waals surface area contributed by atoms with E-state index in [1.54, 1.807) is 0 Å². The zero-order chi connectivity index (χ0) is 20.8. The summed E-state index contributed by atoms with van der Waals surface area (Å²) in [6.07, 6.45) is 9.26. The number of fused-ring (bicyclic) bond motifs is 9. The Morgan fingerprint density at radius 1 is 0.567 bits per heavy atom. The second-order valence-electron chi connectivity index (χ2n) is 9.23. The Labute approximate surface area is 178 Å². The number of benzene rings is 4. The van der Waals surface area contributed by atoms with Crippen molar-refractivity contribution in [2.45, 2.75) is 5.03 Å². The Hall–Kier alpha value is -2.91. The Balaban J connectivity index is 1.76. The largest absolute Gasteiger partial charge is 0.350 e. The van der Waals surface area contributed by atoms with Crippen LogP contribution in [0, 0.1) is 0 Å². The minimum absolute atomic E-state index is 0.794. The molecule has 6 rings (SSSR count). The predicted octanol–water partition coefficient (Wildman–Crippen LogP) is 7.18. The first-order valence-corrected chi connectivity index (χ1v) is 13.2. The van der Waals surface area contributed by atoms with E-state index in [0.717, 1.165) is 0 Å². The number of hydrogen-bond acceptors (Lipinski definition) is 0. The van der Waals surface area contributed by atoms with Gasteiger partial charge in [0.2, 0.25) is 0 Å². The molecular formula is C27H26N2S. The van der Waals surface area contributed by atoms with Crippen LogP contribution in [-0.2, 0) is 14.1 Å². The van der Waals surface area contributed by atoms with Crippen molar-refractivity contribution in [3.05, 3.63) is 66.9 Å². The van der Waals surface area contributed by atoms with Crippen molar-refractivity contribution >= 4 is 64.2 Å². The van der Waals surface area contributed by atoms with Crippen molar-refractivity contribution < 1.29 is 0 Å². The molecule has 2 heterocycles. The maximum absolute atomic E-state index is 2.42. The van der Waals surface area contributed by atoms with Crippen LogP contribution in [0.5, 0.6) is 0 Å². The van der Waals surface area contributed by atoms with Crippen LogP contribution in [0.4, 0.5) is 0 Å². The minimum Gasteiger partial charge on any atom is -0.350 e. The van der Waals surface area contributed by atoms with Gasteiger partial charge in [0.25, 0.3) is 0 Å². The molecular weight excluding hydrogens is 384 g/mol. The molecule has 0 spiro atoms. The molecule has 0 bridgehead atoms. The molecule has 30 heavy (non-hydrogen) atoms. The number of hydrogen-bond donors (Lipinski definition) is 0. The lowest BCUT2D eigenvalue weighted by molar-refractivity contribution is 0.860. The van der Waals surface area contributed by atoms with Crippen LogP contribution in [-0.4, -0.2) is 27.9 Å². The highest BCUT2D eigenvalue weighted by molar-refractivity contribution is 8.32. The molecule has 0 saturated carbocycles.